The highest BCUT2D eigenvalue weighted by atomic mass is 32.2. The monoisotopic (exact) mass is 328 g/mol. The molecule has 9 heteroatoms. The predicted molar refractivity (Wildman–Crippen MR) is 73.4 cm³/mol. The highest BCUT2D eigenvalue weighted by Crippen LogP contribution is 2.25. The van der Waals surface area contributed by atoms with Gasteiger partial charge < -0.3 is 24.8 Å². The molecular weight excluding hydrogens is 304 g/mol. The molecule has 5 atom stereocenters. The molecule has 0 saturated carbocycles. The van der Waals surface area contributed by atoms with Gasteiger partial charge in [0, 0.05) is 13.2 Å². The van der Waals surface area contributed by atoms with E-state index >= 15 is 0 Å². The summed E-state index contributed by atoms with van der Waals surface area (Å²) < 4.78 is 41.1. The third kappa shape index (κ3) is 6.15. The molecule has 3 unspecified atom stereocenters. The molecule has 0 aliphatic carbocycles. The van der Waals surface area contributed by atoms with Crippen molar-refractivity contribution in [2.24, 2.45) is 0 Å². The second-order valence-electron chi connectivity index (χ2n) is 5.13. The summed E-state index contributed by atoms with van der Waals surface area (Å²) in [6.07, 6.45) is -4.66. The Kier molecular flexibility index (Phi) is 7.48. The van der Waals surface area contributed by atoms with Crippen molar-refractivity contribution in [2.75, 3.05) is 19.0 Å². The summed E-state index contributed by atoms with van der Waals surface area (Å²) in [7, 11) is -4.35. The molecule has 0 spiro atoms. The van der Waals surface area contributed by atoms with Gasteiger partial charge in [0.05, 0.1) is 6.10 Å². The van der Waals surface area contributed by atoms with Gasteiger partial charge in [-0.05, 0) is 26.2 Å². The van der Waals surface area contributed by atoms with Gasteiger partial charge in [-0.1, -0.05) is 0 Å². The van der Waals surface area contributed by atoms with Gasteiger partial charge in [0.25, 0.3) is 10.1 Å². The van der Waals surface area contributed by atoms with Crippen molar-refractivity contribution in [3.63, 3.8) is 0 Å². The summed E-state index contributed by atoms with van der Waals surface area (Å²) in [5, 5.41) is 29.3. The molecule has 21 heavy (non-hydrogen) atoms. The van der Waals surface area contributed by atoms with Crippen LogP contribution in [0.5, 0.6) is 0 Å². The Bertz CT molecular complexity index is 398. The Hall–Kier alpha value is -0.290. The van der Waals surface area contributed by atoms with Gasteiger partial charge in [-0.3, -0.25) is 4.55 Å². The zero-order chi connectivity index (χ0) is 16.0. The summed E-state index contributed by atoms with van der Waals surface area (Å²) in [5.74, 6) is -0.826. The van der Waals surface area contributed by atoms with Crippen LogP contribution in [0.25, 0.3) is 0 Å². The first-order valence-electron chi connectivity index (χ1n) is 6.98. The van der Waals surface area contributed by atoms with Crippen LogP contribution in [-0.4, -0.2) is 77.8 Å². The zero-order valence-electron chi connectivity index (χ0n) is 12.0. The molecule has 126 valence electrons. The molecule has 1 fully saturated rings. The van der Waals surface area contributed by atoms with Crippen LogP contribution < -0.4 is 0 Å². The minimum absolute atomic E-state index is 0.389. The molecule has 8 nitrogen and oxygen atoms in total. The van der Waals surface area contributed by atoms with Crippen molar-refractivity contribution in [1.29, 1.82) is 0 Å². The molecule has 1 saturated heterocycles. The molecule has 1 aliphatic rings. The van der Waals surface area contributed by atoms with Gasteiger partial charge in [0.15, 0.2) is 0 Å². The first-order valence-corrected chi connectivity index (χ1v) is 8.59. The van der Waals surface area contributed by atoms with E-state index in [1.165, 1.54) is 0 Å². The molecule has 1 rings (SSSR count). The number of aliphatic hydroxyl groups is 3. The summed E-state index contributed by atoms with van der Waals surface area (Å²) in [4.78, 5) is 0. The Morgan fingerprint density at radius 3 is 2.24 bits per heavy atom. The van der Waals surface area contributed by atoms with E-state index in [1.807, 2.05) is 6.92 Å². The molecule has 0 aromatic heterocycles. The minimum atomic E-state index is -4.35. The fourth-order valence-electron chi connectivity index (χ4n) is 2.31. The van der Waals surface area contributed by atoms with E-state index in [0.717, 1.165) is 6.42 Å². The normalized spacial score (nSPS) is 34.0. The lowest BCUT2D eigenvalue weighted by molar-refractivity contribution is -0.217. The molecule has 0 bridgehead atoms. The SMILES string of the molecule is CCOCCCC[C@@H]1OC(CS(=O)(=O)O)[C@@H](O)C(O)C1O. The van der Waals surface area contributed by atoms with Gasteiger partial charge in [0.1, 0.15) is 30.2 Å². The summed E-state index contributed by atoms with van der Waals surface area (Å²) >= 11 is 0. The maximum Gasteiger partial charge on any atom is 0.267 e. The van der Waals surface area contributed by atoms with E-state index in [2.05, 4.69) is 0 Å². The average molecular weight is 328 g/mol. The highest BCUT2D eigenvalue weighted by Gasteiger charge is 2.44. The van der Waals surface area contributed by atoms with Crippen molar-refractivity contribution in [3.05, 3.63) is 0 Å². The van der Waals surface area contributed by atoms with Crippen LogP contribution in [0, 0.1) is 0 Å². The van der Waals surface area contributed by atoms with E-state index in [4.69, 9.17) is 14.0 Å². The van der Waals surface area contributed by atoms with Crippen molar-refractivity contribution in [1.82, 2.24) is 0 Å². The summed E-state index contributed by atoms with van der Waals surface area (Å²) in [5.41, 5.74) is 0. The molecule has 1 heterocycles. The third-order valence-corrected chi connectivity index (χ3v) is 4.17. The highest BCUT2D eigenvalue weighted by molar-refractivity contribution is 7.85. The number of ether oxygens (including phenoxy) is 2. The van der Waals surface area contributed by atoms with Gasteiger partial charge in [-0.2, -0.15) is 8.42 Å². The van der Waals surface area contributed by atoms with E-state index < -0.39 is 46.4 Å². The molecule has 0 amide bonds. The lowest BCUT2D eigenvalue weighted by Crippen LogP contribution is -2.59. The first-order chi connectivity index (χ1) is 9.76. The van der Waals surface area contributed by atoms with Crippen LogP contribution in [0.2, 0.25) is 0 Å². The Balaban J connectivity index is 2.54. The lowest BCUT2D eigenvalue weighted by atomic mass is 9.93. The van der Waals surface area contributed by atoms with Crippen molar-refractivity contribution >= 4 is 10.1 Å². The van der Waals surface area contributed by atoms with Gasteiger partial charge in [-0.25, -0.2) is 0 Å². The standard InChI is InChI=1S/C12H24O8S/c1-2-19-6-4-3-5-8-10(13)12(15)11(14)9(20-8)7-21(16,17)18/h8-15H,2-7H2,1H3,(H,16,17,18)/t8-,9?,10?,11+,12?/m0/s1. The lowest BCUT2D eigenvalue weighted by Gasteiger charge is -2.40. The van der Waals surface area contributed by atoms with Crippen LogP contribution in [0.3, 0.4) is 0 Å². The maximum atomic E-state index is 10.9. The number of aliphatic hydroxyl groups excluding tert-OH is 3. The minimum Gasteiger partial charge on any atom is -0.388 e. The topological polar surface area (TPSA) is 134 Å². The summed E-state index contributed by atoms with van der Waals surface area (Å²) in [6.45, 7) is 3.06. The van der Waals surface area contributed by atoms with Crippen molar-refractivity contribution in [2.45, 2.75) is 56.7 Å². The van der Waals surface area contributed by atoms with Crippen LogP contribution >= 0.6 is 0 Å². The van der Waals surface area contributed by atoms with E-state index in [0.29, 0.717) is 26.1 Å². The van der Waals surface area contributed by atoms with Gasteiger partial charge in [-0.15, -0.1) is 0 Å². The van der Waals surface area contributed by atoms with Crippen LogP contribution in [-0.2, 0) is 19.6 Å². The Labute approximate surface area is 124 Å². The number of unbranched alkanes of at least 4 members (excludes halogenated alkanes) is 1. The van der Waals surface area contributed by atoms with E-state index in [9.17, 15) is 23.7 Å². The predicted octanol–water partition coefficient (Wildman–Crippen LogP) is -1.07. The Morgan fingerprint density at radius 1 is 1.05 bits per heavy atom. The van der Waals surface area contributed by atoms with Gasteiger partial charge >= 0.3 is 0 Å². The quantitative estimate of drug-likeness (QED) is 0.327. The smallest absolute Gasteiger partial charge is 0.267 e. The van der Waals surface area contributed by atoms with E-state index in [-0.39, 0.29) is 0 Å². The number of hydrogen-bond donors (Lipinski definition) is 4. The largest absolute Gasteiger partial charge is 0.388 e. The van der Waals surface area contributed by atoms with Crippen molar-refractivity contribution < 1.29 is 37.8 Å². The zero-order valence-corrected chi connectivity index (χ0v) is 12.8. The Morgan fingerprint density at radius 2 is 1.67 bits per heavy atom. The van der Waals surface area contributed by atoms with Crippen molar-refractivity contribution in [3.8, 4) is 0 Å². The third-order valence-electron chi connectivity index (χ3n) is 3.42. The first kappa shape index (κ1) is 18.8. The van der Waals surface area contributed by atoms with Crippen LogP contribution in [0.1, 0.15) is 26.2 Å². The summed E-state index contributed by atoms with van der Waals surface area (Å²) in [6, 6.07) is 0. The molecule has 0 aromatic rings. The second-order valence-corrected chi connectivity index (χ2v) is 6.62. The molecule has 1 aliphatic heterocycles. The maximum absolute atomic E-state index is 10.9. The van der Waals surface area contributed by atoms with Gasteiger partial charge in [0.2, 0.25) is 0 Å². The fraction of sp³-hybridized carbons (Fsp3) is 1.00. The molecule has 0 aromatic carbocycles. The molecule has 0 radical (unpaired) electrons. The number of hydrogen-bond acceptors (Lipinski definition) is 7. The van der Waals surface area contributed by atoms with Crippen LogP contribution in [0.15, 0.2) is 0 Å². The van der Waals surface area contributed by atoms with E-state index in [1.54, 1.807) is 0 Å². The average Bonchev–Trinajstić information content (AvgIpc) is 2.39. The molecular formula is C12H24O8S. The van der Waals surface area contributed by atoms with Crippen LogP contribution in [0.4, 0.5) is 0 Å². The number of rotatable bonds is 8. The molecule has 4 N–H and O–H groups in total. The second kappa shape index (κ2) is 8.37. The fourth-order valence-corrected chi connectivity index (χ4v) is 3.00.